The van der Waals surface area contributed by atoms with Gasteiger partial charge in [0.15, 0.2) is 5.43 Å². The van der Waals surface area contributed by atoms with Crippen molar-refractivity contribution >= 4 is 16.9 Å². The van der Waals surface area contributed by atoms with Crippen LogP contribution in [0, 0.1) is 13.8 Å². The summed E-state index contributed by atoms with van der Waals surface area (Å²) >= 11 is 0. The number of carbonyl (C=O) groups is 1. The first-order chi connectivity index (χ1) is 8.97. The molecule has 2 rings (SSSR count). The van der Waals surface area contributed by atoms with Gasteiger partial charge in [0.1, 0.15) is 11.3 Å². The molecule has 0 radical (unpaired) electrons. The number of aliphatic carboxylic acids is 1. The highest BCUT2D eigenvalue weighted by Gasteiger charge is 2.07. The summed E-state index contributed by atoms with van der Waals surface area (Å²) in [5.74, 6) is -0.295. The van der Waals surface area contributed by atoms with Gasteiger partial charge in [-0.05, 0) is 43.5 Å². The average molecular weight is 260 g/mol. The van der Waals surface area contributed by atoms with Crippen molar-refractivity contribution in [1.82, 2.24) is 0 Å². The maximum atomic E-state index is 12.0. The van der Waals surface area contributed by atoms with E-state index >= 15 is 0 Å². The van der Waals surface area contributed by atoms with Gasteiger partial charge < -0.3 is 9.52 Å². The Balaban J connectivity index is 2.35. The lowest BCUT2D eigenvalue weighted by molar-refractivity contribution is -0.137. The van der Waals surface area contributed by atoms with Crippen molar-refractivity contribution in [3.63, 3.8) is 0 Å². The van der Waals surface area contributed by atoms with E-state index in [1.54, 1.807) is 0 Å². The van der Waals surface area contributed by atoms with Gasteiger partial charge in [-0.2, -0.15) is 0 Å². The molecule has 0 aliphatic heterocycles. The third kappa shape index (κ3) is 3.02. The number of benzene rings is 1. The van der Waals surface area contributed by atoms with Crippen LogP contribution < -0.4 is 5.43 Å². The molecule has 1 N–H and O–H groups in total. The topological polar surface area (TPSA) is 67.5 Å². The molecule has 2 aromatic rings. The largest absolute Gasteiger partial charge is 0.481 e. The molecule has 0 saturated carbocycles. The quantitative estimate of drug-likeness (QED) is 0.917. The number of rotatable bonds is 4. The van der Waals surface area contributed by atoms with E-state index in [1.807, 2.05) is 26.0 Å². The van der Waals surface area contributed by atoms with Crippen LogP contribution in [0.15, 0.2) is 27.4 Å². The van der Waals surface area contributed by atoms with Gasteiger partial charge in [-0.3, -0.25) is 9.59 Å². The zero-order valence-electron chi connectivity index (χ0n) is 11.0. The summed E-state index contributed by atoms with van der Waals surface area (Å²) in [5.41, 5.74) is 2.62. The molecular formula is C15H16O4. The van der Waals surface area contributed by atoms with E-state index < -0.39 is 5.97 Å². The van der Waals surface area contributed by atoms with Gasteiger partial charge in [0.25, 0.3) is 0 Å². The van der Waals surface area contributed by atoms with Crippen LogP contribution in [0.1, 0.15) is 29.7 Å². The van der Waals surface area contributed by atoms with Gasteiger partial charge in [-0.1, -0.05) is 0 Å². The highest BCUT2D eigenvalue weighted by molar-refractivity contribution is 5.78. The lowest BCUT2D eigenvalue weighted by Gasteiger charge is -2.05. The molecule has 0 unspecified atom stereocenters. The molecule has 0 bridgehead atoms. The highest BCUT2D eigenvalue weighted by atomic mass is 16.4. The molecule has 4 heteroatoms. The molecule has 1 heterocycles. The molecule has 0 amide bonds. The van der Waals surface area contributed by atoms with Crippen LogP contribution in [0.4, 0.5) is 0 Å². The Bertz CT molecular complexity index is 682. The number of aryl methyl sites for hydroxylation is 3. The molecule has 0 atom stereocenters. The second-order valence-electron chi connectivity index (χ2n) is 4.76. The zero-order valence-corrected chi connectivity index (χ0v) is 11.0. The van der Waals surface area contributed by atoms with Crippen molar-refractivity contribution in [2.75, 3.05) is 0 Å². The van der Waals surface area contributed by atoms with Gasteiger partial charge in [0.05, 0.1) is 5.39 Å². The van der Waals surface area contributed by atoms with Crippen LogP contribution >= 0.6 is 0 Å². The highest BCUT2D eigenvalue weighted by Crippen LogP contribution is 2.18. The smallest absolute Gasteiger partial charge is 0.303 e. The van der Waals surface area contributed by atoms with E-state index in [9.17, 15) is 9.59 Å². The molecule has 0 saturated heterocycles. The normalized spacial score (nSPS) is 10.8. The second kappa shape index (κ2) is 5.26. The Morgan fingerprint density at radius 3 is 2.58 bits per heavy atom. The van der Waals surface area contributed by atoms with E-state index in [2.05, 4.69) is 0 Å². The average Bonchev–Trinajstić information content (AvgIpc) is 2.31. The van der Waals surface area contributed by atoms with Crippen molar-refractivity contribution in [2.24, 2.45) is 0 Å². The fraction of sp³-hybridized carbons (Fsp3) is 0.333. The van der Waals surface area contributed by atoms with Gasteiger partial charge in [0, 0.05) is 18.9 Å². The second-order valence-corrected chi connectivity index (χ2v) is 4.76. The summed E-state index contributed by atoms with van der Waals surface area (Å²) < 4.78 is 5.67. The van der Waals surface area contributed by atoms with Crippen LogP contribution in [0.3, 0.4) is 0 Å². The van der Waals surface area contributed by atoms with Crippen LogP contribution in [0.2, 0.25) is 0 Å². The number of hydrogen-bond donors (Lipinski definition) is 1. The van der Waals surface area contributed by atoms with Crippen molar-refractivity contribution < 1.29 is 14.3 Å². The van der Waals surface area contributed by atoms with E-state index in [-0.39, 0.29) is 11.8 Å². The maximum Gasteiger partial charge on any atom is 0.303 e. The third-order valence-electron chi connectivity index (χ3n) is 3.21. The van der Waals surface area contributed by atoms with Gasteiger partial charge in [-0.25, -0.2) is 0 Å². The van der Waals surface area contributed by atoms with Crippen molar-refractivity contribution in [2.45, 2.75) is 33.1 Å². The van der Waals surface area contributed by atoms with Crippen LogP contribution in [0.25, 0.3) is 11.0 Å². The van der Waals surface area contributed by atoms with Crippen molar-refractivity contribution in [1.29, 1.82) is 0 Å². The van der Waals surface area contributed by atoms with Gasteiger partial charge in [0.2, 0.25) is 0 Å². The van der Waals surface area contributed by atoms with Crippen LogP contribution in [-0.2, 0) is 11.2 Å². The maximum absolute atomic E-state index is 12.0. The van der Waals surface area contributed by atoms with Crippen LogP contribution in [0.5, 0.6) is 0 Å². The summed E-state index contributed by atoms with van der Waals surface area (Å²) in [4.78, 5) is 22.4. The van der Waals surface area contributed by atoms with Crippen molar-refractivity contribution in [3.8, 4) is 0 Å². The number of carboxylic acids is 1. The summed E-state index contributed by atoms with van der Waals surface area (Å²) in [5, 5.41) is 9.17. The monoisotopic (exact) mass is 260 g/mol. The predicted molar refractivity (Wildman–Crippen MR) is 72.5 cm³/mol. The number of carboxylic acid groups (broad SMARTS) is 1. The van der Waals surface area contributed by atoms with Crippen LogP contribution in [-0.4, -0.2) is 11.1 Å². The fourth-order valence-electron chi connectivity index (χ4n) is 2.00. The number of fused-ring (bicyclic) bond motifs is 1. The predicted octanol–water partition coefficient (Wildman–Crippen LogP) is 2.82. The Morgan fingerprint density at radius 2 is 1.89 bits per heavy atom. The Labute approximate surface area is 110 Å². The van der Waals surface area contributed by atoms with E-state index in [1.165, 1.54) is 6.07 Å². The summed E-state index contributed by atoms with van der Waals surface area (Å²) in [7, 11) is 0. The minimum atomic E-state index is -0.838. The van der Waals surface area contributed by atoms with Gasteiger partial charge in [-0.15, -0.1) is 0 Å². The summed E-state index contributed by atoms with van der Waals surface area (Å²) in [6.45, 7) is 3.92. The van der Waals surface area contributed by atoms with E-state index in [0.29, 0.717) is 29.6 Å². The minimum absolute atomic E-state index is 0.0744. The fourth-order valence-corrected chi connectivity index (χ4v) is 2.00. The lowest BCUT2D eigenvalue weighted by atomic mass is 10.1. The van der Waals surface area contributed by atoms with Gasteiger partial charge >= 0.3 is 5.97 Å². The molecule has 0 fully saturated rings. The molecule has 100 valence electrons. The summed E-state index contributed by atoms with van der Waals surface area (Å²) in [6, 6.07) is 5.14. The minimum Gasteiger partial charge on any atom is -0.481 e. The van der Waals surface area contributed by atoms with E-state index in [0.717, 1.165) is 11.1 Å². The third-order valence-corrected chi connectivity index (χ3v) is 3.21. The van der Waals surface area contributed by atoms with E-state index in [4.69, 9.17) is 9.52 Å². The Hall–Kier alpha value is -2.10. The molecule has 0 aliphatic rings. The molecule has 1 aromatic carbocycles. The van der Waals surface area contributed by atoms with Crippen molar-refractivity contribution in [3.05, 3.63) is 45.3 Å². The lowest BCUT2D eigenvalue weighted by Crippen LogP contribution is -2.04. The molecule has 0 spiro atoms. The first-order valence-corrected chi connectivity index (χ1v) is 6.23. The molecule has 19 heavy (non-hydrogen) atoms. The Morgan fingerprint density at radius 1 is 1.21 bits per heavy atom. The molecule has 1 aromatic heterocycles. The first kappa shape index (κ1) is 13.3. The Kier molecular flexibility index (Phi) is 3.69. The molecule has 0 aliphatic carbocycles. The summed E-state index contributed by atoms with van der Waals surface area (Å²) in [6.07, 6.45) is 1.01. The standard InChI is InChI=1S/C15H16O4/c1-9-6-12-13(16)8-11(4-3-5-15(17)18)19-14(12)7-10(9)2/h6-8H,3-5H2,1-2H3,(H,17,18). The molecular weight excluding hydrogens is 244 g/mol. The zero-order chi connectivity index (χ0) is 14.0. The molecule has 4 nitrogen and oxygen atoms in total. The SMILES string of the molecule is Cc1cc2oc(CCCC(=O)O)cc(=O)c2cc1C. The first-order valence-electron chi connectivity index (χ1n) is 6.23. The number of hydrogen-bond acceptors (Lipinski definition) is 3.